The van der Waals surface area contributed by atoms with Crippen molar-refractivity contribution in [3.05, 3.63) is 65.1 Å². The van der Waals surface area contributed by atoms with Crippen LogP contribution in [0, 0.1) is 36.3 Å². The van der Waals surface area contributed by atoms with E-state index in [0.717, 1.165) is 30.9 Å². The first-order chi connectivity index (χ1) is 15.3. The van der Waals surface area contributed by atoms with E-state index in [1.165, 1.54) is 12.1 Å². The van der Waals surface area contributed by atoms with Crippen molar-refractivity contribution in [2.24, 2.45) is 28.5 Å². The molecule has 0 bridgehead atoms. The smallest absolute Gasteiger partial charge is 0.277 e. The number of halogens is 2. The number of rotatable bonds is 4. The Hall–Kier alpha value is -2.93. The highest BCUT2D eigenvalue weighted by molar-refractivity contribution is 5.94. The normalized spacial score (nSPS) is 25.3. The quantitative estimate of drug-likeness (QED) is 0.722. The maximum atomic E-state index is 14.5. The lowest BCUT2D eigenvalue weighted by Crippen LogP contribution is -2.39. The molecule has 2 aliphatic rings. The van der Waals surface area contributed by atoms with Gasteiger partial charge in [-0.1, -0.05) is 13.0 Å². The number of pyridine rings is 1. The fourth-order valence-electron chi connectivity index (χ4n) is 4.91. The maximum absolute atomic E-state index is 14.5. The van der Waals surface area contributed by atoms with Crippen LogP contribution in [0.25, 0.3) is 11.3 Å². The van der Waals surface area contributed by atoms with Gasteiger partial charge in [-0.25, -0.2) is 13.8 Å². The molecule has 168 valence electrons. The van der Waals surface area contributed by atoms with Crippen LogP contribution >= 0.6 is 0 Å². The predicted molar refractivity (Wildman–Crippen MR) is 121 cm³/mol. The van der Waals surface area contributed by atoms with Gasteiger partial charge < -0.3 is 11.1 Å². The number of hydrogen-bond donors (Lipinski definition) is 2. The highest BCUT2D eigenvalue weighted by atomic mass is 19.1. The third-order valence-electron chi connectivity index (χ3n) is 6.38. The fraction of sp³-hybridized carbons (Fsp3) is 0.400. The second-order valence-electron chi connectivity index (χ2n) is 9.06. The summed E-state index contributed by atoms with van der Waals surface area (Å²) in [5.74, 6) is -1.01. The Bertz CT molecular complexity index is 1070. The minimum Gasteiger partial charge on any atom is -0.328 e. The number of aryl methyl sites for hydroxylation is 1. The van der Waals surface area contributed by atoms with Gasteiger partial charge in [0, 0.05) is 35.6 Å². The molecule has 7 heteroatoms. The molecule has 2 aromatic rings. The molecule has 4 rings (SSSR count). The van der Waals surface area contributed by atoms with Crippen molar-refractivity contribution in [3.63, 3.8) is 0 Å². The van der Waals surface area contributed by atoms with Crippen LogP contribution in [0.3, 0.4) is 0 Å². The van der Waals surface area contributed by atoms with Crippen molar-refractivity contribution in [1.29, 1.82) is 0 Å². The molecule has 1 saturated carbocycles. The molecule has 1 amide bonds. The molecule has 4 atom stereocenters. The largest absolute Gasteiger partial charge is 0.328 e. The molecule has 1 aromatic carbocycles. The van der Waals surface area contributed by atoms with Crippen LogP contribution in [0.4, 0.5) is 8.78 Å². The van der Waals surface area contributed by atoms with E-state index in [1.807, 2.05) is 6.21 Å². The molecule has 1 aliphatic heterocycles. The molecule has 32 heavy (non-hydrogen) atoms. The number of carbonyl (C=O) groups is 1. The van der Waals surface area contributed by atoms with E-state index in [2.05, 4.69) is 22.2 Å². The number of benzene rings is 1. The van der Waals surface area contributed by atoms with Gasteiger partial charge in [-0.05, 0) is 74.3 Å². The van der Waals surface area contributed by atoms with Gasteiger partial charge in [0.2, 0.25) is 0 Å². The number of nitrogens with two attached hydrogens (primary N) is 1. The highest BCUT2D eigenvalue weighted by Gasteiger charge is 2.33. The summed E-state index contributed by atoms with van der Waals surface area (Å²) in [6.07, 6.45) is 7.06. The number of allylic oxidation sites excluding steroid dienone is 1. The summed E-state index contributed by atoms with van der Waals surface area (Å²) in [7, 11) is 0. The van der Waals surface area contributed by atoms with Crippen LogP contribution in [0.15, 0.2) is 47.2 Å². The SMILES string of the molecule is Cc1ccc(-c2ccc(F)c(C(=O)NC3=CN=CCC3C3CC(C)CC(N)C3)n2)c(F)c1. The first kappa shape index (κ1) is 22.3. The topological polar surface area (TPSA) is 80.4 Å². The van der Waals surface area contributed by atoms with Crippen molar-refractivity contribution >= 4 is 12.1 Å². The predicted octanol–water partition coefficient (Wildman–Crippen LogP) is 4.76. The Labute approximate surface area is 186 Å². The van der Waals surface area contributed by atoms with E-state index >= 15 is 0 Å². The third-order valence-corrected chi connectivity index (χ3v) is 6.38. The molecule has 2 heterocycles. The highest BCUT2D eigenvalue weighted by Crippen LogP contribution is 2.38. The van der Waals surface area contributed by atoms with Gasteiger partial charge in [-0.3, -0.25) is 9.79 Å². The van der Waals surface area contributed by atoms with Gasteiger partial charge >= 0.3 is 0 Å². The molecule has 5 nitrogen and oxygen atoms in total. The third kappa shape index (κ3) is 4.78. The van der Waals surface area contributed by atoms with Gasteiger partial charge in [0.25, 0.3) is 5.91 Å². The fourth-order valence-corrected chi connectivity index (χ4v) is 4.91. The Morgan fingerprint density at radius 3 is 2.69 bits per heavy atom. The summed E-state index contributed by atoms with van der Waals surface area (Å²) >= 11 is 0. The van der Waals surface area contributed by atoms with Crippen molar-refractivity contribution < 1.29 is 13.6 Å². The first-order valence-corrected chi connectivity index (χ1v) is 11.0. The summed E-state index contributed by atoms with van der Waals surface area (Å²) in [5.41, 5.74) is 7.70. The summed E-state index contributed by atoms with van der Waals surface area (Å²) in [5, 5.41) is 2.83. The molecular formula is C25H28F2N4O. The minimum absolute atomic E-state index is 0.0611. The second kappa shape index (κ2) is 9.28. The number of hydrogen-bond acceptors (Lipinski definition) is 4. The van der Waals surface area contributed by atoms with E-state index in [1.54, 1.807) is 25.3 Å². The summed E-state index contributed by atoms with van der Waals surface area (Å²) in [4.78, 5) is 21.3. The van der Waals surface area contributed by atoms with Crippen LogP contribution in [-0.2, 0) is 0 Å². The van der Waals surface area contributed by atoms with Gasteiger partial charge in [0.15, 0.2) is 11.5 Å². The molecule has 4 unspecified atom stereocenters. The van der Waals surface area contributed by atoms with E-state index in [4.69, 9.17) is 5.73 Å². The van der Waals surface area contributed by atoms with Crippen LogP contribution in [0.5, 0.6) is 0 Å². The van der Waals surface area contributed by atoms with Crippen molar-refractivity contribution in [3.8, 4) is 11.3 Å². The Morgan fingerprint density at radius 1 is 1.12 bits per heavy atom. The molecule has 0 saturated heterocycles. The number of aromatic nitrogens is 1. The second-order valence-corrected chi connectivity index (χ2v) is 9.06. The van der Waals surface area contributed by atoms with Gasteiger partial charge in [-0.15, -0.1) is 0 Å². The van der Waals surface area contributed by atoms with E-state index < -0.39 is 17.5 Å². The van der Waals surface area contributed by atoms with E-state index in [-0.39, 0.29) is 28.9 Å². The first-order valence-electron chi connectivity index (χ1n) is 11.0. The van der Waals surface area contributed by atoms with Crippen LogP contribution < -0.4 is 11.1 Å². The zero-order valence-electron chi connectivity index (χ0n) is 18.3. The molecule has 1 fully saturated rings. The summed E-state index contributed by atoms with van der Waals surface area (Å²) < 4.78 is 28.9. The number of aliphatic imine (C=N–C) groups is 1. The zero-order chi connectivity index (χ0) is 22.8. The van der Waals surface area contributed by atoms with Crippen LogP contribution in [-0.4, -0.2) is 23.1 Å². The van der Waals surface area contributed by atoms with Gasteiger partial charge in [0.05, 0.1) is 5.69 Å². The standard InChI is InChI=1S/C25H28F2N4O/c1-14-3-4-19(21(27)11-14)22-6-5-20(26)24(30-22)25(32)31-23-13-29-8-7-18(23)16-9-15(2)10-17(28)12-16/h3-6,8,11,13,15-18H,7,9-10,12,28H2,1-2H3,(H,31,32). The lowest BCUT2D eigenvalue weighted by molar-refractivity contribution is 0.0945. The minimum atomic E-state index is -0.761. The molecular weight excluding hydrogens is 410 g/mol. The molecule has 1 aliphatic carbocycles. The van der Waals surface area contributed by atoms with Gasteiger partial charge in [-0.2, -0.15) is 0 Å². The van der Waals surface area contributed by atoms with Gasteiger partial charge in [0.1, 0.15) is 5.82 Å². The lowest BCUT2D eigenvalue weighted by Gasteiger charge is -2.37. The monoisotopic (exact) mass is 438 g/mol. The summed E-state index contributed by atoms with van der Waals surface area (Å²) in [6.45, 7) is 3.97. The number of nitrogens with zero attached hydrogens (tertiary/aromatic N) is 2. The molecule has 1 aromatic heterocycles. The Morgan fingerprint density at radius 2 is 1.94 bits per heavy atom. The number of amides is 1. The van der Waals surface area contributed by atoms with Crippen molar-refractivity contribution in [2.75, 3.05) is 0 Å². The average Bonchev–Trinajstić information content (AvgIpc) is 2.74. The number of carbonyl (C=O) groups excluding carboxylic acids is 1. The molecule has 3 N–H and O–H groups in total. The zero-order valence-corrected chi connectivity index (χ0v) is 18.3. The molecule has 0 spiro atoms. The Balaban J connectivity index is 1.57. The Kier molecular flexibility index (Phi) is 6.46. The van der Waals surface area contributed by atoms with E-state index in [0.29, 0.717) is 24.0 Å². The average molecular weight is 439 g/mol. The van der Waals surface area contributed by atoms with E-state index in [9.17, 15) is 13.6 Å². The number of nitrogens with one attached hydrogen (secondary N) is 1. The van der Waals surface area contributed by atoms with Crippen LogP contribution in [0.1, 0.15) is 48.7 Å². The maximum Gasteiger partial charge on any atom is 0.277 e. The molecule has 0 radical (unpaired) electrons. The van der Waals surface area contributed by atoms with Crippen molar-refractivity contribution in [1.82, 2.24) is 10.3 Å². The van der Waals surface area contributed by atoms with Crippen LogP contribution in [0.2, 0.25) is 0 Å². The lowest BCUT2D eigenvalue weighted by atomic mass is 9.71. The summed E-state index contributed by atoms with van der Waals surface area (Å²) in [6, 6.07) is 7.36. The van der Waals surface area contributed by atoms with Crippen molar-refractivity contribution in [2.45, 2.75) is 45.6 Å².